The number of aromatic nitrogens is 1. The molecule has 2 heterocycles. The van der Waals surface area contributed by atoms with Crippen LogP contribution in [0, 0.1) is 6.92 Å². The molecule has 0 radical (unpaired) electrons. The third kappa shape index (κ3) is 5.69. The number of benzene rings is 1. The van der Waals surface area contributed by atoms with Crippen LogP contribution >= 0.6 is 0 Å². The van der Waals surface area contributed by atoms with Crippen molar-refractivity contribution in [3.63, 3.8) is 0 Å². The Morgan fingerprint density at radius 1 is 1.17 bits per heavy atom. The van der Waals surface area contributed by atoms with Gasteiger partial charge in [0, 0.05) is 37.0 Å². The van der Waals surface area contributed by atoms with E-state index in [1.807, 2.05) is 43.3 Å². The number of pyridine rings is 1. The van der Waals surface area contributed by atoms with E-state index in [-0.39, 0.29) is 54.8 Å². The molecule has 0 unspecified atom stereocenters. The minimum atomic E-state index is -1.48. The average molecular weight is 417 g/mol. The van der Waals surface area contributed by atoms with Crippen molar-refractivity contribution in [2.24, 2.45) is 0 Å². The zero-order valence-electron chi connectivity index (χ0n) is 16.8. The molecule has 0 saturated carbocycles. The fourth-order valence-corrected chi connectivity index (χ4v) is 3.03. The van der Waals surface area contributed by atoms with Gasteiger partial charge >= 0.3 is 29.6 Å². The van der Waals surface area contributed by atoms with Crippen LogP contribution in [0.3, 0.4) is 0 Å². The van der Waals surface area contributed by atoms with E-state index in [1.54, 1.807) is 6.20 Å². The molecule has 150 valence electrons. The van der Waals surface area contributed by atoms with Crippen LogP contribution < -0.4 is 40.0 Å². The van der Waals surface area contributed by atoms with Crippen LogP contribution in [-0.2, 0) is 20.9 Å². The summed E-state index contributed by atoms with van der Waals surface area (Å²) in [5.74, 6) is -3.40. The Bertz CT molecular complexity index is 971. The van der Waals surface area contributed by atoms with Crippen LogP contribution in [0.1, 0.15) is 17.7 Å². The van der Waals surface area contributed by atoms with Crippen molar-refractivity contribution < 1.29 is 54.2 Å². The summed E-state index contributed by atoms with van der Waals surface area (Å²) in [7, 11) is 0. The van der Waals surface area contributed by atoms with Gasteiger partial charge in [-0.2, -0.15) is 0 Å². The molecule has 1 aliphatic heterocycles. The molecule has 2 amide bonds. The second-order valence-electron chi connectivity index (χ2n) is 6.74. The Hall–Kier alpha value is -2.68. The summed E-state index contributed by atoms with van der Waals surface area (Å²) in [6.45, 7) is 1.70. The number of nitrogens with zero attached hydrogens (tertiary/aromatic N) is 2. The third-order valence-electron chi connectivity index (χ3n) is 4.60. The molecule has 2 aromatic rings. The van der Waals surface area contributed by atoms with Crippen molar-refractivity contribution in [2.45, 2.75) is 19.9 Å². The number of nitrogens with one attached hydrogen (secondary N) is 1. The summed E-state index contributed by atoms with van der Waals surface area (Å²) in [5.41, 5.74) is 3.34. The van der Waals surface area contributed by atoms with E-state index in [0.717, 1.165) is 22.4 Å². The summed E-state index contributed by atoms with van der Waals surface area (Å²) >= 11 is 0. The SMILES string of the molecule is Cc1ccc(-c2ccc(CN3CCC(O)=C(C(=O)NCC(=O)[O-])C3=O)cc2)cn1.[Na+]. The van der Waals surface area contributed by atoms with Crippen LogP contribution in [0.2, 0.25) is 0 Å². The summed E-state index contributed by atoms with van der Waals surface area (Å²) in [5, 5.41) is 22.5. The van der Waals surface area contributed by atoms with Crippen molar-refractivity contribution in [1.82, 2.24) is 15.2 Å². The first-order chi connectivity index (χ1) is 13.8. The molecule has 0 bridgehead atoms. The fraction of sp³-hybridized carbons (Fsp3) is 0.238. The maximum absolute atomic E-state index is 12.6. The van der Waals surface area contributed by atoms with E-state index in [1.165, 1.54) is 4.90 Å². The van der Waals surface area contributed by atoms with Gasteiger partial charge in [-0.15, -0.1) is 0 Å². The largest absolute Gasteiger partial charge is 1.00 e. The van der Waals surface area contributed by atoms with Crippen LogP contribution in [0.5, 0.6) is 0 Å². The molecule has 0 atom stereocenters. The Balaban J connectivity index is 0.00000320. The molecular formula is C21H20N3NaO5. The Morgan fingerprint density at radius 3 is 2.43 bits per heavy atom. The molecular weight excluding hydrogens is 397 g/mol. The molecule has 3 rings (SSSR count). The van der Waals surface area contributed by atoms with Crippen LogP contribution in [0.25, 0.3) is 11.1 Å². The van der Waals surface area contributed by atoms with E-state index in [4.69, 9.17) is 0 Å². The van der Waals surface area contributed by atoms with Gasteiger partial charge in [0.25, 0.3) is 11.8 Å². The molecule has 9 heteroatoms. The first kappa shape index (κ1) is 23.6. The molecule has 30 heavy (non-hydrogen) atoms. The van der Waals surface area contributed by atoms with E-state index in [2.05, 4.69) is 10.3 Å². The maximum Gasteiger partial charge on any atom is 1.00 e. The second-order valence-corrected chi connectivity index (χ2v) is 6.74. The number of carboxylic acids is 1. The Kier molecular flexibility index (Phi) is 8.16. The molecule has 1 aromatic heterocycles. The van der Waals surface area contributed by atoms with Gasteiger partial charge in [0.1, 0.15) is 11.3 Å². The van der Waals surface area contributed by atoms with E-state index < -0.39 is 29.9 Å². The van der Waals surface area contributed by atoms with E-state index in [9.17, 15) is 24.6 Å². The first-order valence-corrected chi connectivity index (χ1v) is 9.06. The number of hydrogen-bond donors (Lipinski definition) is 2. The van der Waals surface area contributed by atoms with E-state index in [0.29, 0.717) is 0 Å². The number of carboxylic acid groups (broad SMARTS) is 1. The molecule has 0 saturated heterocycles. The minimum absolute atomic E-state index is 0. The number of aliphatic hydroxyl groups is 1. The Labute approximate surface area is 195 Å². The summed E-state index contributed by atoms with van der Waals surface area (Å²) < 4.78 is 0. The second kappa shape index (κ2) is 10.4. The van der Waals surface area contributed by atoms with Crippen molar-refractivity contribution in [1.29, 1.82) is 0 Å². The monoisotopic (exact) mass is 417 g/mol. The van der Waals surface area contributed by atoms with Crippen molar-refractivity contribution in [3.8, 4) is 11.1 Å². The van der Waals surface area contributed by atoms with Crippen molar-refractivity contribution in [3.05, 3.63) is 65.2 Å². The molecule has 1 aliphatic rings. The number of carbonyl (C=O) groups excluding carboxylic acids is 3. The number of amides is 2. The first-order valence-electron chi connectivity index (χ1n) is 9.06. The van der Waals surface area contributed by atoms with Crippen molar-refractivity contribution in [2.75, 3.05) is 13.1 Å². The van der Waals surface area contributed by atoms with Gasteiger partial charge in [-0.05, 0) is 24.1 Å². The Morgan fingerprint density at radius 2 is 1.83 bits per heavy atom. The topological polar surface area (TPSA) is 123 Å². The zero-order chi connectivity index (χ0) is 21.0. The third-order valence-corrected chi connectivity index (χ3v) is 4.60. The molecule has 1 aromatic carbocycles. The summed E-state index contributed by atoms with van der Waals surface area (Å²) in [6.07, 6.45) is 1.91. The standard InChI is InChI=1S/C21H21N3O5.Na/c1-13-2-5-16(10-22-13)15-6-3-14(4-7-15)12-24-9-8-17(25)19(21(24)29)20(28)23-11-18(26)27;/h2-7,10,25H,8-9,11-12H2,1H3,(H,23,28)(H,26,27);/q;+1/p-1. The summed E-state index contributed by atoms with van der Waals surface area (Å²) in [6, 6.07) is 11.5. The normalized spacial score (nSPS) is 13.6. The van der Waals surface area contributed by atoms with Gasteiger partial charge in [-0.1, -0.05) is 30.3 Å². The van der Waals surface area contributed by atoms with Gasteiger partial charge in [0.15, 0.2) is 0 Å². The average Bonchev–Trinajstić information content (AvgIpc) is 2.70. The molecule has 2 N–H and O–H groups in total. The van der Waals surface area contributed by atoms with Gasteiger partial charge in [0.2, 0.25) is 0 Å². The summed E-state index contributed by atoms with van der Waals surface area (Å²) in [4.78, 5) is 40.9. The molecule has 0 spiro atoms. The quantitative estimate of drug-likeness (QED) is 0.395. The molecule has 0 aliphatic carbocycles. The maximum atomic E-state index is 12.6. The number of hydrogen-bond acceptors (Lipinski definition) is 6. The minimum Gasteiger partial charge on any atom is -0.548 e. The van der Waals surface area contributed by atoms with Crippen LogP contribution in [0.4, 0.5) is 0 Å². The van der Waals surface area contributed by atoms with Crippen LogP contribution in [0.15, 0.2) is 53.9 Å². The van der Waals surface area contributed by atoms with Crippen LogP contribution in [-0.4, -0.2) is 45.9 Å². The molecule has 0 fully saturated rings. The van der Waals surface area contributed by atoms with Gasteiger partial charge < -0.3 is 25.2 Å². The number of aliphatic hydroxyl groups excluding tert-OH is 1. The van der Waals surface area contributed by atoms with E-state index >= 15 is 0 Å². The van der Waals surface area contributed by atoms with Crippen molar-refractivity contribution >= 4 is 17.8 Å². The predicted octanol–water partition coefficient (Wildman–Crippen LogP) is -2.53. The number of carbonyl (C=O) groups is 3. The number of rotatable bonds is 6. The van der Waals surface area contributed by atoms with Gasteiger partial charge in [-0.25, -0.2) is 0 Å². The molecule has 8 nitrogen and oxygen atoms in total. The fourth-order valence-electron chi connectivity index (χ4n) is 3.03. The zero-order valence-corrected chi connectivity index (χ0v) is 18.8. The predicted molar refractivity (Wildman–Crippen MR) is 102 cm³/mol. The van der Waals surface area contributed by atoms with Gasteiger partial charge in [0.05, 0.1) is 12.5 Å². The van der Waals surface area contributed by atoms with Gasteiger partial charge in [-0.3, -0.25) is 14.6 Å². The number of aryl methyl sites for hydroxylation is 1. The number of aliphatic carboxylic acids is 1. The smallest absolute Gasteiger partial charge is 0.548 e.